The first-order chi connectivity index (χ1) is 11.0. The van der Waals surface area contributed by atoms with E-state index in [1.165, 1.54) is 37.4 Å². The smallest absolute Gasteiger partial charge is 0.337 e. The number of esters is 1. The van der Waals surface area contributed by atoms with E-state index in [1.807, 2.05) is 0 Å². The molecular weight excluding hydrogens is 301 g/mol. The second kappa shape index (κ2) is 7.40. The Hall–Kier alpha value is -2.89. The number of rotatable bonds is 5. The lowest BCUT2D eigenvalue weighted by atomic mass is 10.2. The van der Waals surface area contributed by atoms with Crippen LogP contribution in [0.5, 0.6) is 5.75 Å². The summed E-state index contributed by atoms with van der Waals surface area (Å²) in [6, 6.07) is 11.8. The molecule has 23 heavy (non-hydrogen) atoms. The van der Waals surface area contributed by atoms with Crippen molar-refractivity contribution in [3.63, 3.8) is 0 Å². The number of carbonyl (C=O) groups is 2. The van der Waals surface area contributed by atoms with Gasteiger partial charge in [-0.05, 0) is 49.4 Å². The second-order valence-corrected chi connectivity index (χ2v) is 4.78. The number of ether oxygens (including phenoxy) is 2. The van der Waals surface area contributed by atoms with Gasteiger partial charge in [-0.15, -0.1) is 0 Å². The molecule has 5 nitrogen and oxygen atoms in total. The Morgan fingerprint density at radius 1 is 1.13 bits per heavy atom. The standard InChI is InChI=1S/C17H16FNO4/c1-11(23-15-8-6-13(18)7-9-15)16(20)19-14-5-3-4-12(10-14)17(21)22-2/h3-11H,1-2H3,(H,19,20)/t11-/m0/s1. The van der Waals surface area contributed by atoms with Crippen LogP contribution in [0.15, 0.2) is 48.5 Å². The first kappa shape index (κ1) is 16.5. The van der Waals surface area contributed by atoms with E-state index in [2.05, 4.69) is 10.1 Å². The molecule has 2 aromatic carbocycles. The van der Waals surface area contributed by atoms with Crippen molar-refractivity contribution in [3.8, 4) is 5.75 Å². The average Bonchev–Trinajstić information content (AvgIpc) is 2.56. The molecule has 120 valence electrons. The Kier molecular flexibility index (Phi) is 5.30. The van der Waals surface area contributed by atoms with Gasteiger partial charge in [-0.25, -0.2) is 9.18 Å². The van der Waals surface area contributed by atoms with Gasteiger partial charge in [0, 0.05) is 5.69 Å². The number of amides is 1. The minimum absolute atomic E-state index is 0.331. The molecule has 0 bridgehead atoms. The lowest BCUT2D eigenvalue weighted by molar-refractivity contribution is -0.122. The minimum atomic E-state index is -0.790. The maximum atomic E-state index is 12.8. The number of anilines is 1. The molecule has 0 heterocycles. The third kappa shape index (κ3) is 4.54. The summed E-state index contributed by atoms with van der Waals surface area (Å²) in [5, 5.41) is 2.65. The zero-order valence-corrected chi connectivity index (χ0v) is 12.7. The molecule has 2 aromatic rings. The van der Waals surface area contributed by atoms with Crippen molar-refractivity contribution in [2.75, 3.05) is 12.4 Å². The number of methoxy groups -OCH3 is 1. The van der Waals surface area contributed by atoms with E-state index >= 15 is 0 Å². The molecule has 0 aliphatic rings. The van der Waals surface area contributed by atoms with E-state index < -0.39 is 18.0 Å². The van der Waals surface area contributed by atoms with Crippen LogP contribution in [0.1, 0.15) is 17.3 Å². The molecule has 1 N–H and O–H groups in total. The van der Waals surface area contributed by atoms with Crippen LogP contribution >= 0.6 is 0 Å². The summed E-state index contributed by atoms with van der Waals surface area (Å²) in [6.07, 6.45) is -0.790. The van der Waals surface area contributed by atoms with Gasteiger partial charge in [0.05, 0.1) is 12.7 Å². The van der Waals surface area contributed by atoms with Gasteiger partial charge in [-0.3, -0.25) is 4.79 Å². The van der Waals surface area contributed by atoms with Crippen LogP contribution in [0, 0.1) is 5.82 Å². The first-order valence-corrected chi connectivity index (χ1v) is 6.91. The van der Waals surface area contributed by atoms with Gasteiger partial charge >= 0.3 is 5.97 Å². The Balaban J connectivity index is 2.00. The van der Waals surface area contributed by atoms with Crippen LogP contribution < -0.4 is 10.1 Å². The molecule has 0 aliphatic heterocycles. The lowest BCUT2D eigenvalue weighted by Gasteiger charge is -2.15. The molecule has 0 spiro atoms. The molecule has 1 amide bonds. The van der Waals surface area contributed by atoms with Crippen molar-refractivity contribution >= 4 is 17.6 Å². The van der Waals surface area contributed by atoms with Crippen LogP contribution in [0.3, 0.4) is 0 Å². The van der Waals surface area contributed by atoms with Gasteiger partial charge in [-0.1, -0.05) is 6.07 Å². The van der Waals surface area contributed by atoms with Gasteiger partial charge in [0.1, 0.15) is 11.6 Å². The van der Waals surface area contributed by atoms with E-state index in [0.717, 1.165) is 0 Å². The third-order valence-electron chi connectivity index (χ3n) is 3.05. The first-order valence-electron chi connectivity index (χ1n) is 6.91. The van der Waals surface area contributed by atoms with Crippen molar-refractivity contribution < 1.29 is 23.5 Å². The summed E-state index contributed by atoms with van der Waals surface area (Å²) in [5.41, 5.74) is 0.782. The Bertz CT molecular complexity index is 700. The number of carbonyl (C=O) groups excluding carboxylic acids is 2. The predicted octanol–water partition coefficient (Wildman–Crippen LogP) is 3.02. The monoisotopic (exact) mass is 317 g/mol. The van der Waals surface area contributed by atoms with Crippen LogP contribution in [-0.4, -0.2) is 25.1 Å². The maximum Gasteiger partial charge on any atom is 0.337 e. The molecular formula is C17H16FNO4. The topological polar surface area (TPSA) is 64.6 Å². The minimum Gasteiger partial charge on any atom is -0.481 e. The van der Waals surface area contributed by atoms with Crippen LogP contribution in [0.2, 0.25) is 0 Å². The number of hydrogen-bond acceptors (Lipinski definition) is 4. The highest BCUT2D eigenvalue weighted by Crippen LogP contribution is 2.15. The third-order valence-corrected chi connectivity index (χ3v) is 3.05. The largest absolute Gasteiger partial charge is 0.481 e. The molecule has 0 radical (unpaired) electrons. The number of hydrogen-bond donors (Lipinski definition) is 1. The molecule has 6 heteroatoms. The van der Waals surface area contributed by atoms with Crippen molar-refractivity contribution in [2.24, 2.45) is 0 Å². The van der Waals surface area contributed by atoms with Crippen molar-refractivity contribution in [1.82, 2.24) is 0 Å². The molecule has 0 unspecified atom stereocenters. The lowest BCUT2D eigenvalue weighted by Crippen LogP contribution is -2.30. The fourth-order valence-electron chi connectivity index (χ4n) is 1.86. The summed E-state index contributed by atoms with van der Waals surface area (Å²) >= 11 is 0. The summed E-state index contributed by atoms with van der Waals surface area (Å²) < 4.78 is 22.9. The number of halogens is 1. The Morgan fingerprint density at radius 2 is 1.83 bits per heavy atom. The van der Waals surface area contributed by atoms with E-state index in [-0.39, 0.29) is 5.82 Å². The van der Waals surface area contributed by atoms with Crippen molar-refractivity contribution in [3.05, 3.63) is 59.9 Å². The highest BCUT2D eigenvalue weighted by molar-refractivity contribution is 5.96. The molecule has 0 saturated heterocycles. The molecule has 0 aliphatic carbocycles. The zero-order valence-electron chi connectivity index (χ0n) is 12.7. The summed E-state index contributed by atoms with van der Waals surface area (Å²) in [6.45, 7) is 1.57. The number of nitrogens with one attached hydrogen (secondary N) is 1. The van der Waals surface area contributed by atoms with Gasteiger partial charge in [0.2, 0.25) is 0 Å². The van der Waals surface area contributed by atoms with E-state index in [4.69, 9.17) is 4.74 Å². The van der Waals surface area contributed by atoms with E-state index in [9.17, 15) is 14.0 Å². The Morgan fingerprint density at radius 3 is 2.48 bits per heavy atom. The van der Waals surface area contributed by atoms with Gasteiger partial charge in [0.15, 0.2) is 6.10 Å². The summed E-state index contributed by atoms with van der Waals surface area (Å²) in [4.78, 5) is 23.6. The second-order valence-electron chi connectivity index (χ2n) is 4.78. The van der Waals surface area contributed by atoms with E-state index in [1.54, 1.807) is 25.1 Å². The molecule has 0 saturated carbocycles. The number of benzene rings is 2. The van der Waals surface area contributed by atoms with Crippen LogP contribution in [0.25, 0.3) is 0 Å². The molecule has 0 fully saturated rings. The van der Waals surface area contributed by atoms with Gasteiger partial charge < -0.3 is 14.8 Å². The van der Waals surface area contributed by atoms with Gasteiger partial charge in [-0.2, -0.15) is 0 Å². The predicted molar refractivity (Wildman–Crippen MR) is 82.9 cm³/mol. The van der Waals surface area contributed by atoms with E-state index in [0.29, 0.717) is 17.0 Å². The van der Waals surface area contributed by atoms with Crippen molar-refractivity contribution in [1.29, 1.82) is 0 Å². The fraction of sp³-hybridized carbons (Fsp3) is 0.176. The fourth-order valence-corrected chi connectivity index (χ4v) is 1.86. The quantitative estimate of drug-likeness (QED) is 0.861. The summed E-state index contributed by atoms with van der Waals surface area (Å²) in [7, 11) is 1.28. The van der Waals surface area contributed by atoms with Crippen LogP contribution in [0.4, 0.5) is 10.1 Å². The average molecular weight is 317 g/mol. The normalized spacial score (nSPS) is 11.4. The van der Waals surface area contributed by atoms with Gasteiger partial charge in [0.25, 0.3) is 5.91 Å². The van der Waals surface area contributed by atoms with Crippen molar-refractivity contribution in [2.45, 2.75) is 13.0 Å². The molecule has 1 atom stereocenters. The highest BCUT2D eigenvalue weighted by Gasteiger charge is 2.15. The summed E-state index contributed by atoms with van der Waals surface area (Å²) in [5.74, 6) is -0.875. The maximum absolute atomic E-state index is 12.8. The molecule has 2 rings (SSSR count). The highest BCUT2D eigenvalue weighted by atomic mass is 19.1. The Labute approximate surface area is 133 Å². The zero-order chi connectivity index (χ0) is 16.8. The molecule has 0 aromatic heterocycles. The SMILES string of the molecule is COC(=O)c1cccc(NC(=O)[C@H](C)Oc2ccc(F)cc2)c1. The van der Waals surface area contributed by atoms with Crippen LogP contribution in [-0.2, 0) is 9.53 Å².